The molecule has 0 spiro atoms. The molecule has 1 saturated carbocycles. The quantitative estimate of drug-likeness (QED) is 0.637. The maximum absolute atomic E-state index is 11.9. The normalized spacial score (nSPS) is 27.3. The first-order valence-electron chi connectivity index (χ1n) is 7.58. The molecule has 1 fully saturated rings. The predicted octanol–water partition coefficient (Wildman–Crippen LogP) is 0.673. The van der Waals surface area contributed by atoms with Crippen molar-refractivity contribution in [3.63, 3.8) is 0 Å². The zero-order chi connectivity index (χ0) is 17.1. The van der Waals surface area contributed by atoms with Crippen molar-refractivity contribution in [2.45, 2.75) is 52.8 Å². The van der Waals surface area contributed by atoms with Gasteiger partial charge in [0.15, 0.2) is 0 Å². The van der Waals surface area contributed by atoms with E-state index in [1.165, 1.54) is 0 Å². The number of amides is 2. The SMILES string of the molecule is CO[C@@H]1[C@@H](C)[C@H](NC(=O)NCCS(=O)(=O)NC(C)C)C1(C)C. The summed E-state index contributed by atoms with van der Waals surface area (Å²) in [5.74, 6) is 0.0835. The minimum Gasteiger partial charge on any atom is -0.380 e. The van der Waals surface area contributed by atoms with E-state index in [1.54, 1.807) is 21.0 Å². The van der Waals surface area contributed by atoms with Crippen LogP contribution in [0.5, 0.6) is 0 Å². The fourth-order valence-corrected chi connectivity index (χ4v) is 4.54. The van der Waals surface area contributed by atoms with E-state index in [0.717, 1.165) is 0 Å². The van der Waals surface area contributed by atoms with Gasteiger partial charge in [-0.1, -0.05) is 20.8 Å². The lowest BCUT2D eigenvalue weighted by Crippen LogP contribution is -2.68. The number of carbonyl (C=O) groups is 1. The molecule has 0 aromatic rings. The molecular formula is C14H29N3O4S. The van der Waals surface area contributed by atoms with Crippen molar-refractivity contribution in [2.75, 3.05) is 19.4 Å². The molecule has 0 unspecified atom stereocenters. The molecule has 0 saturated heterocycles. The molecule has 1 aliphatic rings. The van der Waals surface area contributed by atoms with Crippen LogP contribution in [0.1, 0.15) is 34.6 Å². The summed E-state index contributed by atoms with van der Waals surface area (Å²) in [6.45, 7) is 9.70. The second-order valence-electron chi connectivity index (χ2n) is 6.81. The molecule has 0 aromatic heterocycles. The van der Waals surface area contributed by atoms with E-state index in [1.807, 2.05) is 20.8 Å². The van der Waals surface area contributed by atoms with Crippen molar-refractivity contribution in [2.24, 2.45) is 11.3 Å². The van der Waals surface area contributed by atoms with E-state index >= 15 is 0 Å². The van der Waals surface area contributed by atoms with E-state index in [-0.39, 0.29) is 47.8 Å². The van der Waals surface area contributed by atoms with Crippen molar-refractivity contribution in [1.29, 1.82) is 0 Å². The molecule has 0 bridgehead atoms. The summed E-state index contributed by atoms with van der Waals surface area (Å²) in [5.41, 5.74) is -0.142. The van der Waals surface area contributed by atoms with E-state index in [4.69, 9.17) is 4.74 Å². The van der Waals surface area contributed by atoms with Crippen molar-refractivity contribution in [3.05, 3.63) is 0 Å². The number of ether oxygens (including phenoxy) is 1. The van der Waals surface area contributed by atoms with Crippen LogP contribution >= 0.6 is 0 Å². The van der Waals surface area contributed by atoms with Gasteiger partial charge in [0.25, 0.3) is 0 Å². The molecule has 0 radical (unpaired) electrons. The molecule has 8 heteroatoms. The van der Waals surface area contributed by atoms with Crippen LogP contribution in [0.4, 0.5) is 4.79 Å². The number of hydrogen-bond donors (Lipinski definition) is 3. The fourth-order valence-electron chi connectivity index (χ4n) is 3.33. The number of nitrogens with one attached hydrogen (secondary N) is 3. The highest BCUT2D eigenvalue weighted by Gasteiger charge is 2.55. The van der Waals surface area contributed by atoms with Gasteiger partial charge in [0.1, 0.15) is 0 Å². The zero-order valence-corrected chi connectivity index (χ0v) is 15.1. The van der Waals surface area contributed by atoms with Gasteiger partial charge in [0, 0.05) is 37.1 Å². The molecule has 0 aromatic carbocycles. The molecule has 3 N–H and O–H groups in total. The Morgan fingerprint density at radius 2 is 1.91 bits per heavy atom. The van der Waals surface area contributed by atoms with Crippen LogP contribution in [0.2, 0.25) is 0 Å². The maximum atomic E-state index is 11.9. The standard InChI is InChI=1S/C14H29N3O4S/c1-9(2)17-22(19,20)8-7-15-13(18)16-11-10(3)12(21-6)14(11,4)5/h9-12,17H,7-8H2,1-6H3,(H2,15,16,18)/t10-,11-,12+/m0/s1. The fraction of sp³-hybridized carbons (Fsp3) is 0.929. The Balaban J connectivity index is 2.39. The second kappa shape index (κ2) is 7.14. The second-order valence-corrected chi connectivity index (χ2v) is 8.68. The summed E-state index contributed by atoms with van der Waals surface area (Å²) in [7, 11) is -1.68. The van der Waals surface area contributed by atoms with Crippen molar-refractivity contribution < 1.29 is 17.9 Å². The average molecular weight is 335 g/mol. The Morgan fingerprint density at radius 3 is 2.36 bits per heavy atom. The van der Waals surface area contributed by atoms with Gasteiger partial charge >= 0.3 is 6.03 Å². The predicted molar refractivity (Wildman–Crippen MR) is 86.1 cm³/mol. The summed E-state index contributed by atoms with van der Waals surface area (Å²) in [4.78, 5) is 11.9. The molecule has 3 atom stereocenters. The third kappa shape index (κ3) is 4.57. The van der Waals surface area contributed by atoms with E-state index in [9.17, 15) is 13.2 Å². The van der Waals surface area contributed by atoms with Crippen LogP contribution in [-0.2, 0) is 14.8 Å². The highest BCUT2D eigenvalue weighted by molar-refractivity contribution is 7.89. The first kappa shape index (κ1) is 19.2. The van der Waals surface area contributed by atoms with Crippen molar-refractivity contribution in [1.82, 2.24) is 15.4 Å². The van der Waals surface area contributed by atoms with Gasteiger partial charge < -0.3 is 15.4 Å². The van der Waals surface area contributed by atoms with Crippen molar-refractivity contribution in [3.8, 4) is 0 Å². The summed E-state index contributed by atoms with van der Waals surface area (Å²) < 4.78 is 31.2. The molecule has 7 nitrogen and oxygen atoms in total. The number of rotatable bonds is 7. The van der Waals surface area contributed by atoms with Crippen LogP contribution < -0.4 is 15.4 Å². The molecule has 0 aliphatic heterocycles. The van der Waals surface area contributed by atoms with Gasteiger partial charge in [-0.3, -0.25) is 0 Å². The Kier molecular flexibility index (Phi) is 6.23. The maximum Gasteiger partial charge on any atom is 0.315 e. The number of carbonyl (C=O) groups excluding carboxylic acids is 1. The van der Waals surface area contributed by atoms with Crippen LogP contribution in [0.25, 0.3) is 0 Å². The van der Waals surface area contributed by atoms with Crippen LogP contribution in [0.15, 0.2) is 0 Å². The Hall–Kier alpha value is -0.860. The van der Waals surface area contributed by atoms with Gasteiger partial charge in [0.2, 0.25) is 10.0 Å². The van der Waals surface area contributed by atoms with Gasteiger partial charge in [-0.15, -0.1) is 0 Å². The molecule has 130 valence electrons. The number of methoxy groups -OCH3 is 1. The van der Waals surface area contributed by atoms with Gasteiger partial charge in [-0.25, -0.2) is 17.9 Å². The van der Waals surface area contributed by atoms with E-state index in [0.29, 0.717) is 0 Å². The summed E-state index contributed by atoms with van der Waals surface area (Å²) in [6.07, 6.45) is 0.105. The average Bonchev–Trinajstić information content (AvgIpc) is 2.34. The van der Waals surface area contributed by atoms with Gasteiger partial charge in [-0.05, 0) is 13.8 Å². The topological polar surface area (TPSA) is 96.5 Å². The van der Waals surface area contributed by atoms with Crippen molar-refractivity contribution >= 4 is 16.1 Å². The molecule has 1 aliphatic carbocycles. The smallest absolute Gasteiger partial charge is 0.315 e. The summed E-state index contributed by atoms with van der Waals surface area (Å²) in [6, 6.07) is -0.497. The minimum atomic E-state index is -3.36. The molecule has 1 rings (SSSR count). The Labute approximate surface area is 133 Å². The van der Waals surface area contributed by atoms with Crippen LogP contribution in [0.3, 0.4) is 0 Å². The molecule has 22 heavy (non-hydrogen) atoms. The number of hydrogen-bond acceptors (Lipinski definition) is 4. The van der Waals surface area contributed by atoms with Gasteiger partial charge in [-0.2, -0.15) is 0 Å². The molecule has 2 amide bonds. The minimum absolute atomic E-state index is 0.00264. The monoisotopic (exact) mass is 335 g/mol. The number of urea groups is 1. The highest BCUT2D eigenvalue weighted by Crippen LogP contribution is 2.46. The summed E-state index contributed by atoms with van der Waals surface area (Å²) in [5, 5.41) is 5.49. The Bertz CT molecular complexity index is 490. The highest BCUT2D eigenvalue weighted by atomic mass is 32.2. The molecular weight excluding hydrogens is 306 g/mol. The zero-order valence-electron chi connectivity index (χ0n) is 14.3. The van der Waals surface area contributed by atoms with Crippen LogP contribution in [-0.4, -0.2) is 52.0 Å². The van der Waals surface area contributed by atoms with Crippen LogP contribution in [0, 0.1) is 11.3 Å². The number of sulfonamides is 1. The Morgan fingerprint density at radius 1 is 1.32 bits per heavy atom. The van der Waals surface area contributed by atoms with Gasteiger partial charge in [0.05, 0.1) is 11.9 Å². The lowest BCUT2D eigenvalue weighted by molar-refractivity contribution is -0.140. The third-order valence-corrected chi connectivity index (χ3v) is 5.72. The lowest BCUT2D eigenvalue weighted by atomic mass is 9.58. The lowest BCUT2D eigenvalue weighted by Gasteiger charge is -2.56. The van der Waals surface area contributed by atoms with E-state index < -0.39 is 10.0 Å². The largest absolute Gasteiger partial charge is 0.380 e. The first-order valence-corrected chi connectivity index (χ1v) is 9.23. The van der Waals surface area contributed by atoms with E-state index in [2.05, 4.69) is 15.4 Å². The molecule has 0 heterocycles. The summed E-state index contributed by atoms with van der Waals surface area (Å²) >= 11 is 0. The third-order valence-electron chi connectivity index (χ3n) is 4.15. The first-order chi connectivity index (χ1) is 10.0.